The zero-order valence-electron chi connectivity index (χ0n) is 20.2. The zero-order valence-corrected chi connectivity index (χ0v) is 20.2. The van der Waals surface area contributed by atoms with E-state index in [4.69, 9.17) is 9.47 Å². The third-order valence-corrected chi connectivity index (χ3v) is 12.1. The molecule has 6 rings (SSSR count). The summed E-state index contributed by atoms with van der Waals surface area (Å²) in [6.07, 6.45) is 8.88. The minimum Gasteiger partial charge on any atom is -0.396 e. The molecule has 4 saturated carbocycles. The lowest BCUT2D eigenvalue weighted by atomic mass is 9.43. The van der Waals surface area contributed by atoms with Gasteiger partial charge in [-0.3, -0.25) is 0 Å². The van der Waals surface area contributed by atoms with E-state index in [-0.39, 0.29) is 41.7 Å². The van der Waals surface area contributed by atoms with Crippen LogP contribution in [0.2, 0.25) is 0 Å². The van der Waals surface area contributed by atoms with Crippen molar-refractivity contribution in [2.24, 2.45) is 52.3 Å². The van der Waals surface area contributed by atoms with Gasteiger partial charge in [-0.1, -0.05) is 20.8 Å². The Kier molecular flexibility index (Phi) is 5.15. The summed E-state index contributed by atoms with van der Waals surface area (Å²) >= 11 is 0. The third-order valence-electron chi connectivity index (χ3n) is 12.1. The summed E-state index contributed by atoms with van der Waals surface area (Å²) in [5.74, 6) is 3.12. The Balaban J connectivity index is 1.25. The van der Waals surface area contributed by atoms with Crippen LogP contribution in [0, 0.1) is 52.3 Å². The second kappa shape index (κ2) is 7.40. The Morgan fingerprint density at radius 1 is 0.938 bits per heavy atom. The van der Waals surface area contributed by atoms with Crippen LogP contribution in [-0.4, -0.2) is 52.6 Å². The van der Waals surface area contributed by atoms with Crippen LogP contribution < -0.4 is 0 Å². The average Bonchev–Trinajstić information content (AvgIpc) is 3.20. The van der Waals surface area contributed by atoms with Gasteiger partial charge in [0.25, 0.3) is 0 Å². The molecule has 2 aliphatic heterocycles. The molecule has 0 aromatic rings. The number of fused-ring (bicyclic) bond motifs is 7. The van der Waals surface area contributed by atoms with Crippen LogP contribution >= 0.6 is 0 Å². The van der Waals surface area contributed by atoms with Gasteiger partial charge in [0.05, 0.1) is 24.9 Å². The fourth-order valence-corrected chi connectivity index (χ4v) is 10.4. The molecule has 182 valence electrons. The maximum Gasteiger partial charge on any atom is 0.171 e. The highest BCUT2D eigenvalue weighted by molar-refractivity contribution is 5.16. The minimum absolute atomic E-state index is 0.0410. The van der Waals surface area contributed by atoms with E-state index in [1.807, 2.05) is 0 Å². The summed E-state index contributed by atoms with van der Waals surface area (Å²) in [5.41, 5.74) is 0.245. The van der Waals surface area contributed by atoms with Gasteiger partial charge in [0.2, 0.25) is 0 Å². The Labute approximate surface area is 193 Å². The molecule has 2 heterocycles. The summed E-state index contributed by atoms with van der Waals surface area (Å²) in [7, 11) is 0. The molecule has 5 heteroatoms. The molecule has 6 aliphatic rings. The molecule has 5 nitrogen and oxygen atoms in total. The highest BCUT2D eigenvalue weighted by Crippen LogP contribution is 2.71. The van der Waals surface area contributed by atoms with Gasteiger partial charge in [0, 0.05) is 24.9 Å². The van der Waals surface area contributed by atoms with Crippen molar-refractivity contribution in [3.8, 4) is 0 Å². The van der Waals surface area contributed by atoms with Gasteiger partial charge in [-0.25, -0.2) is 0 Å². The van der Waals surface area contributed by atoms with Crippen molar-refractivity contribution in [3.05, 3.63) is 0 Å². The molecule has 0 radical (unpaired) electrons. The number of hydrogen-bond acceptors (Lipinski definition) is 5. The van der Waals surface area contributed by atoms with E-state index in [1.165, 1.54) is 19.3 Å². The summed E-state index contributed by atoms with van der Waals surface area (Å²) in [4.78, 5) is 0. The van der Waals surface area contributed by atoms with Gasteiger partial charge in [0.1, 0.15) is 0 Å². The molecular weight excluding hydrogens is 404 g/mol. The van der Waals surface area contributed by atoms with Crippen LogP contribution in [-0.2, 0) is 9.47 Å². The maximum atomic E-state index is 11.2. The van der Waals surface area contributed by atoms with Gasteiger partial charge < -0.3 is 24.8 Å². The largest absolute Gasteiger partial charge is 0.396 e. The molecular formula is C27H44O5. The Morgan fingerprint density at radius 2 is 1.75 bits per heavy atom. The average molecular weight is 449 g/mol. The summed E-state index contributed by atoms with van der Waals surface area (Å²) in [6, 6.07) is 0. The maximum absolute atomic E-state index is 11.2. The van der Waals surface area contributed by atoms with E-state index >= 15 is 0 Å². The molecule has 0 aromatic heterocycles. The first-order valence-electron chi connectivity index (χ1n) is 13.5. The Bertz CT molecular complexity index is 734. The van der Waals surface area contributed by atoms with Crippen molar-refractivity contribution in [1.29, 1.82) is 0 Å². The SMILES string of the molecule is CC1C2C(CC3C4CCC5CC(O)CC(O)C5(C)C4CCC32C)OC12CCC(CO)CO2. The molecule has 4 aliphatic carbocycles. The lowest BCUT2D eigenvalue weighted by molar-refractivity contribution is -0.276. The standard InChI is InChI=1S/C27H44O5/c1-15-24-22(32-27(15)9-6-16(13-28)14-31-27)12-21-19-5-4-17-10-18(29)11-23(30)26(17,3)20(19)7-8-25(21,24)2/h15-24,28-30H,4-14H2,1-3H3. The van der Waals surface area contributed by atoms with Crippen molar-refractivity contribution in [2.45, 2.75) is 103 Å². The van der Waals surface area contributed by atoms with Gasteiger partial charge in [-0.05, 0) is 91.8 Å². The molecule has 2 saturated heterocycles. The number of aliphatic hydroxyl groups is 3. The fraction of sp³-hybridized carbons (Fsp3) is 1.00. The molecule has 0 bridgehead atoms. The molecule has 32 heavy (non-hydrogen) atoms. The molecule has 13 atom stereocenters. The van der Waals surface area contributed by atoms with E-state index in [2.05, 4.69) is 20.8 Å². The predicted octanol–water partition coefficient (Wildman–Crippen LogP) is 3.74. The highest BCUT2D eigenvalue weighted by Gasteiger charge is 2.69. The van der Waals surface area contributed by atoms with E-state index in [9.17, 15) is 15.3 Å². The smallest absolute Gasteiger partial charge is 0.171 e. The van der Waals surface area contributed by atoms with E-state index in [1.54, 1.807) is 0 Å². The highest BCUT2D eigenvalue weighted by atomic mass is 16.7. The van der Waals surface area contributed by atoms with Crippen LogP contribution in [0.4, 0.5) is 0 Å². The van der Waals surface area contributed by atoms with Crippen LogP contribution in [0.25, 0.3) is 0 Å². The quantitative estimate of drug-likeness (QED) is 0.570. The topological polar surface area (TPSA) is 79.2 Å². The van der Waals surface area contributed by atoms with Gasteiger partial charge in [-0.15, -0.1) is 0 Å². The molecule has 0 aromatic carbocycles. The lowest BCUT2D eigenvalue weighted by Gasteiger charge is -2.62. The van der Waals surface area contributed by atoms with E-state index in [0.29, 0.717) is 48.5 Å². The van der Waals surface area contributed by atoms with Gasteiger partial charge in [0.15, 0.2) is 5.79 Å². The molecule has 3 N–H and O–H groups in total. The van der Waals surface area contributed by atoms with Crippen molar-refractivity contribution in [3.63, 3.8) is 0 Å². The number of hydrogen-bond donors (Lipinski definition) is 3. The monoisotopic (exact) mass is 448 g/mol. The minimum atomic E-state index is -0.439. The van der Waals surface area contributed by atoms with Crippen molar-refractivity contribution in [1.82, 2.24) is 0 Å². The number of ether oxygens (including phenoxy) is 2. The Hall–Kier alpha value is -0.200. The lowest BCUT2D eigenvalue weighted by Crippen LogP contribution is -2.59. The first kappa shape index (κ1) is 22.3. The molecule has 13 unspecified atom stereocenters. The zero-order chi connectivity index (χ0) is 22.5. The molecule has 1 spiro atoms. The normalized spacial score (nSPS) is 61.7. The second-order valence-electron chi connectivity index (χ2n) is 13.1. The second-order valence-corrected chi connectivity index (χ2v) is 13.1. The number of aliphatic hydroxyl groups excluding tert-OH is 3. The summed E-state index contributed by atoms with van der Waals surface area (Å²) in [5, 5.41) is 31.0. The summed E-state index contributed by atoms with van der Waals surface area (Å²) < 4.78 is 13.2. The first-order valence-corrected chi connectivity index (χ1v) is 13.5. The van der Waals surface area contributed by atoms with Crippen LogP contribution in [0.5, 0.6) is 0 Å². The predicted molar refractivity (Wildman–Crippen MR) is 121 cm³/mol. The van der Waals surface area contributed by atoms with Crippen LogP contribution in [0.3, 0.4) is 0 Å². The van der Waals surface area contributed by atoms with Crippen molar-refractivity contribution in [2.75, 3.05) is 13.2 Å². The van der Waals surface area contributed by atoms with Crippen LogP contribution in [0.1, 0.15) is 78.6 Å². The van der Waals surface area contributed by atoms with Gasteiger partial charge >= 0.3 is 0 Å². The summed E-state index contributed by atoms with van der Waals surface area (Å²) in [6.45, 7) is 8.10. The fourth-order valence-electron chi connectivity index (χ4n) is 10.4. The third kappa shape index (κ3) is 2.81. The van der Waals surface area contributed by atoms with E-state index in [0.717, 1.165) is 32.1 Å². The Morgan fingerprint density at radius 3 is 2.47 bits per heavy atom. The van der Waals surface area contributed by atoms with Crippen LogP contribution in [0.15, 0.2) is 0 Å². The molecule has 0 amide bonds. The first-order chi connectivity index (χ1) is 15.2. The van der Waals surface area contributed by atoms with Gasteiger partial charge in [-0.2, -0.15) is 0 Å². The van der Waals surface area contributed by atoms with E-state index < -0.39 is 5.79 Å². The molecule has 6 fully saturated rings. The van der Waals surface area contributed by atoms with Crippen molar-refractivity contribution >= 4 is 0 Å². The number of rotatable bonds is 1. The van der Waals surface area contributed by atoms with Crippen molar-refractivity contribution < 1.29 is 24.8 Å².